The molecule has 0 atom stereocenters. The van der Waals surface area contributed by atoms with Gasteiger partial charge in [0, 0.05) is 34.5 Å². The fraction of sp³-hybridized carbons (Fsp3) is 0.273. The maximum absolute atomic E-state index is 11.2. The molecule has 0 saturated carbocycles. The molecule has 1 aliphatic heterocycles. The first-order chi connectivity index (χ1) is 26.6. The van der Waals surface area contributed by atoms with Crippen molar-refractivity contribution in [2.24, 2.45) is 0 Å². The van der Waals surface area contributed by atoms with Crippen LogP contribution in [-0.4, -0.2) is 66.3 Å². The van der Waals surface area contributed by atoms with Crippen LogP contribution in [0.4, 0.5) is 11.4 Å². The van der Waals surface area contributed by atoms with Gasteiger partial charge in [-0.3, -0.25) is 32.3 Å². The summed E-state index contributed by atoms with van der Waals surface area (Å²) in [5.41, 5.74) is 1.42. The molecule has 28 nitrogen and oxygen atoms in total. The number of hydrogen-bond acceptors (Lipinski definition) is 16. The topological polar surface area (TPSA) is 447 Å². The van der Waals surface area contributed by atoms with Gasteiger partial charge in [-0.2, -0.15) is 25.9 Å². The maximum Gasteiger partial charge on any atom is 0.490 e. The SMILES string of the molecule is N=C(NCCCCCCNC(=N)NC(=N)Nc1ccc(Cl)cc1)NC(=N)Nc1ccc(Cl)cc1.O=P1(O)OP(=O)(O)OP(=O)(O)OP(=O)(O)OP(=O)(O)OP(=O)(O)O1. The van der Waals surface area contributed by atoms with Crippen molar-refractivity contribution in [3.8, 4) is 0 Å². The lowest BCUT2D eigenvalue weighted by molar-refractivity contribution is 0.168. The van der Waals surface area contributed by atoms with Gasteiger partial charge in [-0.05, 0) is 61.4 Å². The molecule has 0 unspecified atom stereocenters. The quantitative estimate of drug-likeness (QED) is 0.0689. The second-order valence-corrected chi connectivity index (χ2v) is 21.0. The van der Waals surface area contributed by atoms with Crippen LogP contribution in [-0.2, 0) is 53.3 Å². The van der Waals surface area contributed by atoms with E-state index in [2.05, 4.69) is 57.8 Å². The molecule has 1 saturated heterocycles. The lowest BCUT2D eigenvalue weighted by atomic mass is 10.2. The number of nitrogens with one attached hydrogen (secondary N) is 10. The summed E-state index contributed by atoms with van der Waals surface area (Å²) in [5, 5.41) is 49.5. The Balaban J connectivity index is 0.000000426. The Morgan fingerprint density at radius 1 is 0.448 bits per heavy atom. The average Bonchev–Trinajstić information content (AvgIpc) is 3.00. The lowest BCUT2D eigenvalue weighted by Crippen LogP contribution is -2.43. The minimum atomic E-state index is -6.11. The van der Waals surface area contributed by atoms with Crippen LogP contribution in [0.5, 0.6) is 0 Å². The Bertz CT molecular complexity index is 1800. The molecule has 1 fully saturated rings. The lowest BCUT2D eigenvalue weighted by Gasteiger charge is -2.23. The Morgan fingerprint density at radius 3 is 0.931 bits per heavy atom. The van der Waals surface area contributed by atoms with Gasteiger partial charge in [0.2, 0.25) is 0 Å². The average molecular weight is 985 g/mol. The standard InChI is InChI=1S/C22H30Cl2N10.H6O18P6/c23-15-5-9-17(10-6-15)31-21(27)33-19(25)29-13-3-1-2-4-14-30-20(26)34-22(28)32-18-11-7-16(24)8-12-18;1-19(2)13-20(3,4)15-22(7,8)17-24(11,12)18-23(9,10)16-21(5,6)14-19/h5-12H,1-4,13-14H2,(H5,25,27,29,31,33)(H5,26,28,30,32,34);(H,1,2)(H,3,4)(H,5,6)(H,7,8)(H,9,10)(H,11,12). The van der Waals surface area contributed by atoms with E-state index < -0.39 is 46.9 Å². The molecule has 2 aromatic rings. The van der Waals surface area contributed by atoms with Crippen LogP contribution < -0.4 is 31.9 Å². The van der Waals surface area contributed by atoms with Gasteiger partial charge in [0.25, 0.3) is 0 Å². The van der Waals surface area contributed by atoms with E-state index in [-0.39, 0.29) is 23.8 Å². The molecule has 326 valence electrons. The minimum Gasteiger partial charge on any atom is -0.356 e. The van der Waals surface area contributed by atoms with Gasteiger partial charge in [0.05, 0.1) is 0 Å². The van der Waals surface area contributed by atoms with E-state index in [9.17, 15) is 27.4 Å². The summed E-state index contributed by atoms with van der Waals surface area (Å²) in [6.45, 7) is 1.25. The van der Waals surface area contributed by atoms with Crippen LogP contribution in [0.25, 0.3) is 0 Å². The van der Waals surface area contributed by atoms with E-state index in [4.69, 9.17) is 74.2 Å². The number of halogens is 2. The number of benzene rings is 2. The zero-order chi connectivity index (χ0) is 44.0. The summed E-state index contributed by atoms with van der Waals surface area (Å²) in [6.07, 6.45) is 3.70. The number of hydrogen-bond donors (Lipinski definition) is 16. The van der Waals surface area contributed by atoms with Crippen molar-refractivity contribution < 1.29 is 82.6 Å². The molecule has 0 aliphatic carbocycles. The minimum absolute atomic E-state index is 0.00148. The first-order valence-corrected chi connectivity index (χ1v) is 24.9. The number of unbranched alkanes of at least 4 members (excludes halogenated alkanes) is 3. The summed E-state index contributed by atoms with van der Waals surface area (Å²) in [7, 11) is -36.7. The molecule has 0 spiro atoms. The third-order valence-electron chi connectivity index (χ3n) is 5.67. The van der Waals surface area contributed by atoms with Crippen LogP contribution in [0.15, 0.2) is 48.5 Å². The normalized spacial score (nSPS) is 28.8. The van der Waals surface area contributed by atoms with E-state index in [0.717, 1.165) is 25.7 Å². The second-order valence-electron chi connectivity index (χ2n) is 10.6. The van der Waals surface area contributed by atoms with Crippen LogP contribution >= 0.6 is 70.1 Å². The molecule has 3 rings (SSSR count). The zero-order valence-corrected chi connectivity index (χ0v) is 35.8. The van der Waals surface area contributed by atoms with Crippen molar-refractivity contribution in [3.05, 3.63) is 58.6 Å². The van der Waals surface area contributed by atoms with Crippen molar-refractivity contribution in [2.75, 3.05) is 23.7 Å². The Labute approximate surface area is 338 Å². The molecule has 0 radical (unpaired) electrons. The maximum atomic E-state index is 11.2. The molecule has 0 amide bonds. The molecule has 0 bridgehead atoms. The smallest absolute Gasteiger partial charge is 0.356 e. The van der Waals surface area contributed by atoms with Crippen LogP contribution in [0.1, 0.15) is 25.7 Å². The number of phosphoric acid groups is 6. The Morgan fingerprint density at radius 2 is 0.690 bits per heavy atom. The largest absolute Gasteiger partial charge is 0.490 e. The molecule has 2 aromatic carbocycles. The van der Waals surface area contributed by atoms with Crippen molar-refractivity contribution in [2.45, 2.75) is 25.7 Å². The molecule has 1 heterocycles. The van der Waals surface area contributed by atoms with Gasteiger partial charge in [-0.15, -0.1) is 0 Å². The molecule has 16 N–H and O–H groups in total. The van der Waals surface area contributed by atoms with E-state index in [1.165, 1.54) is 0 Å². The monoisotopic (exact) mass is 984 g/mol. The van der Waals surface area contributed by atoms with Gasteiger partial charge in [-0.1, -0.05) is 36.0 Å². The van der Waals surface area contributed by atoms with E-state index >= 15 is 0 Å². The Kier molecular flexibility index (Phi) is 19.8. The highest BCUT2D eigenvalue weighted by atomic mass is 35.5. The van der Waals surface area contributed by atoms with E-state index in [1.54, 1.807) is 48.5 Å². The van der Waals surface area contributed by atoms with Gasteiger partial charge < -0.3 is 50.6 Å². The molecule has 1 aliphatic rings. The second kappa shape index (κ2) is 22.3. The number of guanidine groups is 4. The zero-order valence-electron chi connectivity index (χ0n) is 28.9. The highest BCUT2D eigenvalue weighted by molar-refractivity contribution is 7.75. The third-order valence-corrected chi connectivity index (χ3v) is 16.1. The predicted octanol–water partition coefficient (Wildman–Crippen LogP) is 4.88. The van der Waals surface area contributed by atoms with Crippen LogP contribution in [0.3, 0.4) is 0 Å². The van der Waals surface area contributed by atoms with Gasteiger partial charge in [0.15, 0.2) is 23.8 Å². The van der Waals surface area contributed by atoms with Crippen molar-refractivity contribution in [1.29, 1.82) is 21.6 Å². The highest BCUT2D eigenvalue weighted by Gasteiger charge is 2.53. The highest BCUT2D eigenvalue weighted by Crippen LogP contribution is 2.79. The predicted molar refractivity (Wildman–Crippen MR) is 207 cm³/mol. The van der Waals surface area contributed by atoms with Gasteiger partial charge in [-0.25, -0.2) is 27.4 Å². The first-order valence-electron chi connectivity index (χ1n) is 15.2. The van der Waals surface area contributed by atoms with Gasteiger partial charge >= 0.3 is 46.9 Å². The fourth-order valence-corrected chi connectivity index (χ4v) is 12.5. The van der Waals surface area contributed by atoms with E-state index in [1.807, 2.05) is 0 Å². The molecule has 0 aromatic heterocycles. The van der Waals surface area contributed by atoms with Crippen molar-refractivity contribution >= 4 is 105 Å². The number of rotatable bonds is 9. The molecule has 58 heavy (non-hydrogen) atoms. The summed E-state index contributed by atoms with van der Waals surface area (Å²) in [4.78, 5) is 53.6. The van der Waals surface area contributed by atoms with Crippen molar-refractivity contribution in [3.63, 3.8) is 0 Å². The Hall–Kier alpha value is -2.60. The fourth-order valence-electron chi connectivity index (χ4n) is 3.66. The van der Waals surface area contributed by atoms with Crippen molar-refractivity contribution in [1.82, 2.24) is 21.3 Å². The van der Waals surface area contributed by atoms with Gasteiger partial charge in [0.1, 0.15) is 0 Å². The first kappa shape index (κ1) is 51.5. The summed E-state index contributed by atoms with van der Waals surface area (Å²) in [5.74, 6) is 0.112. The molecule has 36 heteroatoms. The molecular weight excluding hydrogens is 949 g/mol. The third kappa shape index (κ3) is 22.7. The van der Waals surface area contributed by atoms with E-state index in [0.29, 0.717) is 34.5 Å². The summed E-state index contributed by atoms with van der Waals surface area (Å²) >= 11 is 11.7. The summed E-state index contributed by atoms with van der Waals surface area (Å²) < 4.78 is 86.9. The number of anilines is 2. The van der Waals surface area contributed by atoms with Crippen LogP contribution in [0, 0.1) is 21.6 Å². The summed E-state index contributed by atoms with van der Waals surface area (Å²) in [6, 6.07) is 13.9. The molecular formula is C22H36Cl2N10O18P6. The van der Waals surface area contributed by atoms with Crippen LogP contribution in [0.2, 0.25) is 10.0 Å².